The molecule has 7 heteroatoms. The van der Waals surface area contributed by atoms with Crippen molar-refractivity contribution in [3.05, 3.63) is 45.8 Å². The Morgan fingerprint density at radius 2 is 1.97 bits per heavy atom. The van der Waals surface area contributed by atoms with Crippen LogP contribution in [0.1, 0.15) is 35.4 Å². The number of nitrogens with zero attached hydrogens (tertiary/aromatic N) is 4. The van der Waals surface area contributed by atoms with Crippen LogP contribution in [0.2, 0.25) is 0 Å². The second-order valence-corrected chi connectivity index (χ2v) is 9.66. The van der Waals surface area contributed by atoms with Crippen molar-refractivity contribution in [2.24, 2.45) is 0 Å². The normalized spacial score (nSPS) is 15.1. The van der Waals surface area contributed by atoms with E-state index in [1.807, 2.05) is 25.1 Å². The first-order chi connectivity index (χ1) is 14.9. The first-order valence-corrected chi connectivity index (χ1v) is 11.8. The largest absolute Gasteiger partial charge is 0.341 e. The lowest BCUT2D eigenvalue weighted by Gasteiger charge is -2.35. The van der Waals surface area contributed by atoms with Crippen LogP contribution in [0.5, 0.6) is 0 Å². The number of aryl methyl sites for hydroxylation is 3. The molecule has 1 N–H and O–H groups in total. The van der Waals surface area contributed by atoms with Crippen LogP contribution in [0.25, 0.3) is 10.9 Å². The predicted octanol–water partition coefficient (Wildman–Crippen LogP) is 4.41. The van der Waals surface area contributed by atoms with E-state index >= 15 is 0 Å². The quantitative estimate of drug-likeness (QED) is 0.619. The number of fused-ring (bicyclic) bond motifs is 1. The van der Waals surface area contributed by atoms with Crippen LogP contribution in [-0.4, -0.2) is 54.0 Å². The van der Waals surface area contributed by atoms with E-state index in [9.17, 15) is 4.79 Å². The molecule has 164 valence electrons. The van der Waals surface area contributed by atoms with Gasteiger partial charge in [-0.25, -0.2) is 9.97 Å². The van der Waals surface area contributed by atoms with Crippen molar-refractivity contribution in [2.45, 2.75) is 45.6 Å². The van der Waals surface area contributed by atoms with Crippen molar-refractivity contribution in [1.29, 1.82) is 0 Å². The standard InChI is InChI=1S/C24H31N5OS/c1-16-13-20(31-15-16)6-8-23(30)26-18-5-7-22-21(14-18)17(2)25-24(27-22)29-11-9-19(10-12-29)28(3)4/h5,7,13-15,19H,6,8-12H2,1-4H3,(H,26,30). The number of rotatable bonds is 6. The zero-order valence-electron chi connectivity index (χ0n) is 18.8. The van der Waals surface area contributed by atoms with Gasteiger partial charge in [0, 0.05) is 41.5 Å². The third-order valence-corrected chi connectivity index (χ3v) is 7.13. The molecule has 0 unspecified atom stereocenters. The number of aromatic nitrogens is 2. The fraction of sp³-hybridized carbons (Fsp3) is 0.458. The van der Waals surface area contributed by atoms with Gasteiger partial charge in [0.1, 0.15) is 0 Å². The van der Waals surface area contributed by atoms with Crippen molar-refractivity contribution >= 4 is 39.8 Å². The zero-order valence-corrected chi connectivity index (χ0v) is 19.6. The van der Waals surface area contributed by atoms with Gasteiger partial charge in [0.2, 0.25) is 11.9 Å². The number of piperidine rings is 1. The summed E-state index contributed by atoms with van der Waals surface area (Å²) >= 11 is 1.71. The van der Waals surface area contributed by atoms with Gasteiger partial charge in [-0.05, 0) is 82.4 Å². The van der Waals surface area contributed by atoms with E-state index in [-0.39, 0.29) is 5.91 Å². The summed E-state index contributed by atoms with van der Waals surface area (Å²) < 4.78 is 0. The summed E-state index contributed by atoms with van der Waals surface area (Å²) in [6, 6.07) is 8.69. The molecule has 0 spiro atoms. The van der Waals surface area contributed by atoms with E-state index in [0.717, 1.165) is 60.6 Å². The van der Waals surface area contributed by atoms with Crippen LogP contribution in [-0.2, 0) is 11.2 Å². The number of benzene rings is 1. The van der Waals surface area contributed by atoms with Crippen LogP contribution < -0.4 is 10.2 Å². The first-order valence-electron chi connectivity index (χ1n) is 10.9. The van der Waals surface area contributed by atoms with Crippen LogP contribution in [0.3, 0.4) is 0 Å². The van der Waals surface area contributed by atoms with Gasteiger partial charge in [0.15, 0.2) is 0 Å². The number of carbonyl (C=O) groups excluding carboxylic acids is 1. The number of hydrogen-bond donors (Lipinski definition) is 1. The zero-order chi connectivity index (χ0) is 22.0. The molecule has 0 radical (unpaired) electrons. The summed E-state index contributed by atoms with van der Waals surface area (Å²) in [5, 5.41) is 6.13. The number of amides is 1. The molecule has 6 nitrogen and oxygen atoms in total. The summed E-state index contributed by atoms with van der Waals surface area (Å²) in [4.78, 5) is 27.8. The Kier molecular flexibility index (Phi) is 6.53. The van der Waals surface area contributed by atoms with Gasteiger partial charge in [-0.3, -0.25) is 4.79 Å². The third-order valence-electron chi connectivity index (χ3n) is 6.02. The van der Waals surface area contributed by atoms with E-state index in [1.54, 1.807) is 11.3 Å². The van der Waals surface area contributed by atoms with E-state index in [0.29, 0.717) is 12.5 Å². The van der Waals surface area contributed by atoms with Gasteiger partial charge in [-0.15, -0.1) is 11.3 Å². The summed E-state index contributed by atoms with van der Waals surface area (Å²) in [7, 11) is 4.30. The molecule has 4 rings (SSSR count). The number of thiophene rings is 1. The van der Waals surface area contributed by atoms with Gasteiger partial charge in [0.25, 0.3) is 0 Å². The minimum absolute atomic E-state index is 0.0318. The summed E-state index contributed by atoms with van der Waals surface area (Å²) in [6.07, 6.45) is 3.51. The second kappa shape index (κ2) is 9.32. The van der Waals surface area contributed by atoms with Crippen LogP contribution in [0.4, 0.5) is 11.6 Å². The van der Waals surface area contributed by atoms with Gasteiger partial charge in [-0.1, -0.05) is 0 Å². The Morgan fingerprint density at radius 3 is 2.65 bits per heavy atom. The average molecular weight is 438 g/mol. The highest BCUT2D eigenvalue weighted by atomic mass is 32.1. The number of nitrogens with one attached hydrogen (secondary N) is 1. The van der Waals surface area contributed by atoms with Crippen LogP contribution in [0.15, 0.2) is 29.6 Å². The molecular formula is C24H31N5OS. The lowest BCUT2D eigenvalue weighted by molar-refractivity contribution is -0.116. The number of anilines is 2. The van der Waals surface area contributed by atoms with Gasteiger partial charge < -0.3 is 15.1 Å². The molecule has 0 atom stereocenters. The Balaban J connectivity index is 1.42. The summed E-state index contributed by atoms with van der Waals surface area (Å²) in [6.45, 7) is 6.05. The third kappa shape index (κ3) is 5.22. The smallest absolute Gasteiger partial charge is 0.226 e. The molecule has 0 bridgehead atoms. The Labute approximate surface area is 188 Å². The minimum atomic E-state index is 0.0318. The summed E-state index contributed by atoms with van der Waals surface area (Å²) in [5.41, 5.74) is 3.92. The molecule has 3 heterocycles. The van der Waals surface area contributed by atoms with Gasteiger partial charge in [0.05, 0.1) is 11.2 Å². The fourth-order valence-electron chi connectivity index (χ4n) is 4.15. The SMILES string of the molecule is Cc1csc(CCC(=O)Nc2ccc3nc(N4CCC(N(C)C)CC4)nc(C)c3c2)c1. The van der Waals surface area contributed by atoms with Crippen molar-refractivity contribution in [1.82, 2.24) is 14.9 Å². The Hall–Kier alpha value is -2.51. The molecule has 3 aromatic rings. The molecule has 1 saturated heterocycles. The molecule has 1 aromatic carbocycles. The first kappa shape index (κ1) is 21.7. The molecule has 1 aliphatic heterocycles. The van der Waals surface area contributed by atoms with Crippen LogP contribution in [0, 0.1) is 13.8 Å². The molecule has 1 aliphatic rings. The van der Waals surface area contributed by atoms with Gasteiger partial charge in [-0.2, -0.15) is 0 Å². The van der Waals surface area contributed by atoms with Crippen molar-refractivity contribution in [3.8, 4) is 0 Å². The Bertz CT molecular complexity index is 1070. The molecular weight excluding hydrogens is 406 g/mol. The lowest BCUT2D eigenvalue weighted by Crippen LogP contribution is -2.42. The molecule has 1 fully saturated rings. The van der Waals surface area contributed by atoms with E-state index in [2.05, 4.69) is 47.6 Å². The number of hydrogen-bond acceptors (Lipinski definition) is 6. The molecule has 0 saturated carbocycles. The van der Waals surface area contributed by atoms with E-state index in [1.165, 1.54) is 10.4 Å². The highest BCUT2D eigenvalue weighted by molar-refractivity contribution is 7.10. The number of carbonyl (C=O) groups is 1. The predicted molar refractivity (Wildman–Crippen MR) is 129 cm³/mol. The molecule has 0 aliphatic carbocycles. The molecule has 2 aromatic heterocycles. The monoisotopic (exact) mass is 437 g/mol. The maximum Gasteiger partial charge on any atom is 0.226 e. The van der Waals surface area contributed by atoms with Crippen molar-refractivity contribution < 1.29 is 4.79 Å². The Morgan fingerprint density at radius 1 is 1.19 bits per heavy atom. The minimum Gasteiger partial charge on any atom is -0.341 e. The van der Waals surface area contributed by atoms with E-state index < -0.39 is 0 Å². The maximum atomic E-state index is 12.4. The van der Waals surface area contributed by atoms with Crippen molar-refractivity contribution in [3.63, 3.8) is 0 Å². The maximum absolute atomic E-state index is 12.4. The average Bonchev–Trinajstić information content (AvgIpc) is 3.18. The highest BCUT2D eigenvalue weighted by Gasteiger charge is 2.22. The van der Waals surface area contributed by atoms with Crippen LogP contribution >= 0.6 is 11.3 Å². The second-order valence-electron chi connectivity index (χ2n) is 8.66. The summed E-state index contributed by atoms with van der Waals surface area (Å²) in [5.74, 6) is 0.842. The molecule has 1 amide bonds. The highest BCUT2D eigenvalue weighted by Crippen LogP contribution is 2.25. The topological polar surface area (TPSA) is 61.4 Å². The van der Waals surface area contributed by atoms with E-state index in [4.69, 9.17) is 9.97 Å². The van der Waals surface area contributed by atoms with Crippen molar-refractivity contribution in [2.75, 3.05) is 37.4 Å². The van der Waals surface area contributed by atoms with Gasteiger partial charge >= 0.3 is 0 Å². The lowest BCUT2D eigenvalue weighted by atomic mass is 10.0. The molecule has 31 heavy (non-hydrogen) atoms. The fourth-order valence-corrected chi connectivity index (χ4v) is 5.03.